The molecule has 116 valence electrons. The fourth-order valence-electron chi connectivity index (χ4n) is 2.04. The smallest absolute Gasteiger partial charge is 0.269 e. The lowest BCUT2D eigenvalue weighted by Gasteiger charge is -2.03. The first-order valence-corrected chi connectivity index (χ1v) is 6.75. The number of nitro benzene ring substituents is 1. The third kappa shape index (κ3) is 3.46. The molecule has 1 N–H and O–H groups in total. The maximum atomic E-state index is 11.9. The quantitative estimate of drug-likeness (QED) is 0.532. The van der Waals surface area contributed by atoms with Crippen LogP contribution in [0.4, 0.5) is 11.4 Å². The minimum Gasteiger partial charge on any atom is -0.454 e. The van der Waals surface area contributed by atoms with Crippen LogP contribution in [-0.2, 0) is 4.79 Å². The number of amides is 1. The largest absolute Gasteiger partial charge is 0.454 e. The van der Waals surface area contributed by atoms with Crippen molar-refractivity contribution in [3.8, 4) is 11.5 Å². The molecule has 7 heteroatoms. The molecule has 3 rings (SSSR count). The second kappa shape index (κ2) is 6.18. The first-order chi connectivity index (χ1) is 11.1. The predicted octanol–water partition coefficient (Wildman–Crippen LogP) is 2.98. The van der Waals surface area contributed by atoms with Crippen molar-refractivity contribution >= 4 is 23.4 Å². The summed E-state index contributed by atoms with van der Waals surface area (Å²) in [6.07, 6.45) is 2.93. The number of benzene rings is 2. The molecule has 0 unspecified atom stereocenters. The molecule has 0 aromatic heterocycles. The summed E-state index contributed by atoms with van der Waals surface area (Å²) in [5, 5.41) is 13.3. The number of hydrogen-bond acceptors (Lipinski definition) is 5. The van der Waals surface area contributed by atoms with E-state index in [2.05, 4.69) is 5.32 Å². The van der Waals surface area contributed by atoms with Crippen molar-refractivity contribution in [2.24, 2.45) is 0 Å². The van der Waals surface area contributed by atoms with E-state index in [1.807, 2.05) is 0 Å². The summed E-state index contributed by atoms with van der Waals surface area (Å²) in [5.41, 5.74) is 1.29. The van der Waals surface area contributed by atoms with E-state index in [0.29, 0.717) is 22.7 Å². The van der Waals surface area contributed by atoms with E-state index in [9.17, 15) is 14.9 Å². The Balaban J connectivity index is 1.63. The molecule has 0 spiro atoms. The highest BCUT2D eigenvalue weighted by Gasteiger charge is 2.13. The molecule has 1 heterocycles. The van der Waals surface area contributed by atoms with Crippen molar-refractivity contribution in [3.63, 3.8) is 0 Å². The van der Waals surface area contributed by atoms with E-state index in [0.717, 1.165) is 0 Å². The topological polar surface area (TPSA) is 90.7 Å². The van der Waals surface area contributed by atoms with Gasteiger partial charge in [-0.15, -0.1) is 0 Å². The summed E-state index contributed by atoms with van der Waals surface area (Å²) >= 11 is 0. The third-order valence-corrected chi connectivity index (χ3v) is 3.17. The fraction of sp³-hybridized carbons (Fsp3) is 0.0625. The van der Waals surface area contributed by atoms with Crippen LogP contribution < -0.4 is 14.8 Å². The van der Waals surface area contributed by atoms with Crippen molar-refractivity contribution in [3.05, 3.63) is 64.2 Å². The van der Waals surface area contributed by atoms with Crippen molar-refractivity contribution in [1.29, 1.82) is 0 Å². The van der Waals surface area contributed by atoms with Gasteiger partial charge in [-0.3, -0.25) is 14.9 Å². The first-order valence-electron chi connectivity index (χ1n) is 6.75. The molecule has 0 saturated heterocycles. The van der Waals surface area contributed by atoms with E-state index in [1.54, 1.807) is 36.4 Å². The summed E-state index contributed by atoms with van der Waals surface area (Å²) in [7, 11) is 0. The molecule has 1 aliphatic heterocycles. The number of non-ortho nitro benzene ring substituents is 1. The number of nitro groups is 1. The van der Waals surface area contributed by atoms with Crippen LogP contribution in [0.1, 0.15) is 5.56 Å². The van der Waals surface area contributed by atoms with Gasteiger partial charge in [0.05, 0.1) is 4.92 Å². The van der Waals surface area contributed by atoms with Crippen molar-refractivity contribution in [2.45, 2.75) is 0 Å². The zero-order valence-electron chi connectivity index (χ0n) is 11.9. The molecule has 0 radical (unpaired) electrons. The molecule has 7 nitrogen and oxygen atoms in total. The molecule has 2 aromatic rings. The molecule has 0 fully saturated rings. The molecule has 1 aliphatic rings. The average molecular weight is 312 g/mol. The predicted molar refractivity (Wildman–Crippen MR) is 83.3 cm³/mol. The van der Waals surface area contributed by atoms with Gasteiger partial charge in [-0.05, 0) is 35.9 Å². The van der Waals surface area contributed by atoms with E-state index in [4.69, 9.17) is 9.47 Å². The average Bonchev–Trinajstić information content (AvgIpc) is 3.01. The third-order valence-electron chi connectivity index (χ3n) is 3.17. The standard InChI is InChI=1S/C16H12N2O5/c19-16(8-3-11-1-5-13(6-2-11)18(20)21)17-12-4-7-14-15(9-12)23-10-22-14/h1-9H,10H2,(H,17,19). The molecule has 1 amide bonds. The minimum atomic E-state index is -0.472. The van der Waals surface area contributed by atoms with Crippen LogP contribution in [0.25, 0.3) is 6.08 Å². The highest BCUT2D eigenvalue weighted by atomic mass is 16.7. The highest BCUT2D eigenvalue weighted by Crippen LogP contribution is 2.34. The Morgan fingerprint density at radius 2 is 1.87 bits per heavy atom. The van der Waals surface area contributed by atoms with Crippen LogP contribution in [0.2, 0.25) is 0 Å². The number of hydrogen-bond donors (Lipinski definition) is 1. The van der Waals surface area contributed by atoms with E-state index < -0.39 is 4.92 Å². The SMILES string of the molecule is O=C(C=Cc1ccc([N+](=O)[O-])cc1)Nc1ccc2c(c1)OCO2. The first kappa shape index (κ1) is 14.6. The van der Waals surface area contributed by atoms with Crippen molar-refractivity contribution in [1.82, 2.24) is 0 Å². The Hall–Kier alpha value is -3.35. The zero-order chi connectivity index (χ0) is 16.2. The van der Waals surface area contributed by atoms with Gasteiger partial charge in [0.1, 0.15) is 0 Å². The fourth-order valence-corrected chi connectivity index (χ4v) is 2.04. The Labute approximate surface area is 131 Å². The van der Waals surface area contributed by atoms with Gasteiger partial charge < -0.3 is 14.8 Å². The molecular formula is C16H12N2O5. The van der Waals surface area contributed by atoms with E-state index in [-0.39, 0.29) is 18.4 Å². The number of ether oxygens (including phenoxy) is 2. The van der Waals surface area contributed by atoms with Gasteiger partial charge in [0.15, 0.2) is 11.5 Å². The Bertz CT molecular complexity index is 784. The van der Waals surface area contributed by atoms with Gasteiger partial charge in [-0.25, -0.2) is 0 Å². The normalized spacial score (nSPS) is 12.3. The summed E-state index contributed by atoms with van der Waals surface area (Å²) in [6.45, 7) is 0.173. The molecule has 0 saturated carbocycles. The lowest BCUT2D eigenvalue weighted by atomic mass is 10.2. The maximum Gasteiger partial charge on any atom is 0.269 e. The zero-order valence-corrected chi connectivity index (χ0v) is 11.9. The molecular weight excluding hydrogens is 300 g/mol. The van der Waals surface area contributed by atoms with Crippen molar-refractivity contribution < 1.29 is 19.2 Å². The van der Waals surface area contributed by atoms with Crippen LogP contribution in [0.3, 0.4) is 0 Å². The highest BCUT2D eigenvalue weighted by molar-refractivity contribution is 6.02. The summed E-state index contributed by atoms with van der Waals surface area (Å²) in [4.78, 5) is 22.0. The van der Waals surface area contributed by atoms with Crippen LogP contribution in [0, 0.1) is 10.1 Å². The molecule has 2 aromatic carbocycles. The molecule has 0 aliphatic carbocycles. The summed E-state index contributed by atoms with van der Waals surface area (Å²) in [6, 6.07) is 11.0. The summed E-state index contributed by atoms with van der Waals surface area (Å²) in [5.74, 6) is 0.911. The minimum absolute atomic E-state index is 0.00645. The number of rotatable bonds is 4. The Kier molecular flexibility index (Phi) is 3.92. The number of nitrogens with zero attached hydrogens (tertiary/aromatic N) is 1. The molecule has 0 bridgehead atoms. The van der Waals surface area contributed by atoms with Crippen LogP contribution >= 0.6 is 0 Å². The second-order valence-corrected chi connectivity index (χ2v) is 4.74. The van der Waals surface area contributed by atoms with Crippen LogP contribution in [0.5, 0.6) is 11.5 Å². The Morgan fingerprint density at radius 3 is 2.61 bits per heavy atom. The number of carbonyl (C=O) groups excluding carboxylic acids is 1. The number of anilines is 1. The maximum absolute atomic E-state index is 11.9. The van der Waals surface area contributed by atoms with Gasteiger partial charge >= 0.3 is 0 Å². The lowest BCUT2D eigenvalue weighted by Crippen LogP contribution is -2.07. The van der Waals surface area contributed by atoms with Gasteiger partial charge in [0, 0.05) is 30.0 Å². The number of nitrogens with one attached hydrogen (secondary N) is 1. The summed E-state index contributed by atoms with van der Waals surface area (Å²) < 4.78 is 10.4. The van der Waals surface area contributed by atoms with Crippen LogP contribution in [-0.4, -0.2) is 17.6 Å². The molecule has 0 atom stereocenters. The van der Waals surface area contributed by atoms with Gasteiger partial charge in [0.25, 0.3) is 5.69 Å². The van der Waals surface area contributed by atoms with Gasteiger partial charge in [-0.2, -0.15) is 0 Å². The van der Waals surface area contributed by atoms with Gasteiger partial charge in [-0.1, -0.05) is 0 Å². The van der Waals surface area contributed by atoms with Gasteiger partial charge in [0.2, 0.25) is 12.7 Å². The monoisotopic (exact) mass is 312 g/mol. The van der Waals surface area contributed by atoms with Crippen LogP contribution in [0.15, 0.2) is 48.5 Å². The molecule has 23 heavy (non-hydrogen) atoms. The number of fused-ring (bicyclic) bond motifs is 1. The van der Waals surface area contributed by atoms with Crippen molar-refractivity contribution in [2.75, 3.05) is 12.1 Å². The van der Waals surface area contributed by atoms with E-state index >= 15 is 0 Å². The Morgan fingerprint density at radius 1 is 1.13 bits per heavy atom. The number of carbonyl (C=O) groups is 1. The lowest BCUT2D eigenvalue weighted by molar-refractivity contribution is -0.384. The van der Waals surface area contributed by atoms with E-state index in [1.165, 1.54) is 18.2 Å². The second-order valence-electron chi connectivity index (χ2n) is 4.74.